The zero-order valence-electron chi connectivity index (χ0n) is 8.64. The minimum Gasteiger partial charge on any atom is -0.393 e. The molecule has 1 rings (SSSR count). The standard InChI is InChI=1S/C9H13ClN4S/c1-6(3-8(11)15)14(2)9-7(10)4-12-5-13-9/h4-6H,3H2,1-2H3,(H2,11,15). The Kier molecular flexibility index (Phi) is 4.23. The van der Waals surface area contributed by atoms with Gasteiger partial charge in [0.2, 0.25) is 0 Å². The van der Waals surface area contributed by atoms with Crippen LogP contribution in [0.25, 0.3) is 0 Å². The van der Waals surface area contributed by atoms with E-state index in [4.69, 9.17) is 29.6 Å². The Morgan fingerprint density at radius 2 is 2.40 bits per heavy atom. The summed E-state index contributed by atoms with van der Waals surface area (Å²) in [5.74, 6) is 0.690. The van der Waals surface area contributed by atoms with Crippen LogP contribution in [0.15, 0.2) is 12.5 Å². The van der Waals surface area contributed by atoms with Gasteiger partial charge in [-0.25, -0.2) is 9.97 Å². The molecule has 1 unspecified atom stereocenters. The van der Waals surface area contributed by atoms with Crippen LogP contribution < -0.4 is 10.6 Å². The quantitative estimate of drug-likeness (QED) is 0.816. The fourth-order valence-electron chi connectivity index (χ4n) is 1.20. The van der Waals surface area contributed by atoms with Gasteiger partial charge >= 0.3 is 0 Å². The van der Waals surface area contributed by atoms with Crippen molar-refractivity contribution in [3.8, 4) is 0 Å². The highest BCUT2D eigenvalue weighted by Crippen LogP contribution is 2.22. The summed E-state index contributed by atoms with van der Waals surface area (Å²) in [5, 5.41) is 0.523. The largest absolute Gasteiger partial charge is 0.393 e. The van der Waals surface area contributed by atoms with E-state index in [-0.39, 0.29) is 6.04 Å². The van der Waals surface area contributed by atoms with Crippen LogP contribution in [-0.2, 0) is 0 Å². The summed E-state index contributed by atoms with van der Waals surface area (Å²) < 4.78 is 0. The van der Waals surface area contributed by atoms with E-state index in [9.17, 15) is 0 Å². The molecule has 1 heterocycles. The molecule has 15 heavy (non-hydrogen) atoms. The van der Waals surface area contributed by atoms with Gasteiger partial charge in [0.25, 0.3) is 0 Å². The van der Waals surface area contributed by atoms with Gasteiger partial charge in [-0.2, -0.15) is 0 Å². The fraction of sp³-hybridized carbons (Fsp3) is 0.444. The third-order valence-corrected chi connectivity index (χ3v) is 2.57. The van der Waals surface area contributed by atoms with Crippen molar-refractivity contribution in [2.24, 2.45) is 5.73 Å². The zero-order valence-corrected chi connectivity index (χ0v) is 10.2. The van der Waals surface area contributed by atoms with Gasteiger partial charge in [-0.3, -0.25) is 0 Å². The zero-order chi connectivity index (χ0) is 11.4. The van der Waals surface area contributed by atoms with E-state index in [1.807, 2.05) is 18.9 Å². The second-order valence-corrected chi connectivity index (χ2v) is 4.26. The molecule has 0 saturated carbocycles. The molecular weight excluding hydrogens is 232 g/mol. The third-order valence-electron chi connectivity index (χ3n) is 2.14. The van der Waals surface area contributed by atoms with E-state index in [2.05, 4.69) is 9.97 Å². The van der Waals surface area contributed by atoms with Gasteiger partial charge in [0.15, 0.2) is 5.82 Å². The molecule has 0 aliphatic carbocycles. The summed E-state index contributed by atoms with van der Waals surface area (Å²) in [5.41, 5.74) is 5.49. The Bertz CT molecular complexity index is 358. The highest BCUT2D eigenvalue weighted by atomic mass is 35.5. The van der Waals surface area contributed by atoms with E-state index in [0.29, 0.717) is 22.2 Å². The first kappa shape index (κ1) is 12.1. The van der Waals surface area contributed by atoms with Crippen LogP contribution in [-0.4, -0.2) is 28.0 Å². The molecule has 1 aromatic heterocycles. The van der Waals surface area contributed by atoms with E-state index >= 15 is 0 Å². The molecule has 0 saturated heterocycles. The highest BCUT2D eigenvalue weighted by Gasteiger charge is 2.14. The van der Waals surface area contributed by atoms with Crippen LogP contribution >= 0.6 is 23.8 Å². The first-order valence-corrected chi connectivity index (χ1v) is 5.27. The van der Waals surface area contributed by atoms with Crippen molar-refractivity contribution < 1.29 is 0 Å². The molecule has 6 heteroatoms. The van der Waals surface area contributed by atoms with Gasteiger partial charge in [0.05, 0.1) is 11.2 Å². The molecule has 0 amide bonds. The molecule has 0 aliphatic rings. The molecule has 82 valence electrons. The monoisotopic (exact) mass is 244 g/mol. The Morgan fingerprint density at radius 3 is 2.93 bits per heavy atom. The maximum Gasteiger partial charge on any atom is 0.150 e. The Labute approximate surface area is 99.5 Å². The second-order valence-electron chi connectivity index (χ2n) is 3.32. The molecule has 1 aromatic rings. The lowest BCUT2D eigenvalue weighted by atomic mass is 10.2. The molecule has 0 radical (unpaired) electrons. The molecule has 0 spiro atoms. The maximum absolute atomic E-state index is 5.97. The van der Waals surface area contributed by atoms with Gasteiger partial charge in [-0.05, 0) is 6.92 Å². The van der Waals surface area contributed by atoms with Crippen molar-refractivity contribution in [1.29, 1.82) is 0 Å². The summed E-state index contributed by atoms with van der Waals surface area (Å²) in [6, 6.07) is 0.162. The van der Waals surface area contributed by atoms with E-state index in [1.165, 1.54) is 6.33 Å². The van der Waals surface area contributed by atoms with E-state index in [0.717, 1.165) is 0 Å². The van der Waals surface area contributed by atoms with Gasteiger partial charge in [0.1, 0.15) is 11.3 Å². The summed E-state index contributed by atoms with van der Waals surface area (Å²) in [6.45, 7) is 2.01. The summed E-state index contributed by atoms with van der Waals surface area (Å²) in [6.07, 6.45) is 3.66. The predicted molar refractivity (Wildman–Crippen MR) is 66.3 cm³/mol. The van der Waals surface area contributed by atoms with Crippen molar-refractivity contribution in [2.75, 3.05) is 11.9 Å². The summed E-state index contributed by atoms with van der Waals surface area (Å²) >= 11 is 10.8. The number of nitrogens with two attached hydrogens (primary N) is 1. The Balaban J connectivity index is 2.80. The first-order chi connectivity index (χ1) is 7.02. The smallest absolute Gasteiger partial charge is 0.150 e. The van der Waals surface area contributed by atoms with Crippen LogP contribution in [0.3, 0.4) is 0 Å². The molecular formula is C9H13ClN4S. The van der Waals surface area contributed by atoms with Gasteiger partial charge in [-0.1, -0.05) is 23.8 Å². The number of hydrogen-bond acceptors (Lipinski definition) is 4. The SMILES string of the molecule is CC(CC(N)=S)N(C)c1ncncc1Cl. The lowest BCUT2D eigenvalue weighted by molar-refractivity contribution is 0.704. The van der Waals surface area contributed by atoms with Crippen LogP contribution in [0, 0.1) is 0 Å². The minimum absolute atomic E-state index is 0.162. The fourth-order valence-corrected chi connectivity index (χ4v) is 1.68. The lowest BCUT2D eigenvalue weighted by Gasteiger charge is -2.25. The third kappa shape index (κ3) is 3.28. The average Bonchev–Trinajstić information content (AvgIpc) is 2.16. The Hall–Kier alpha value is -0.940. The number of nitrogens with zero attached hydrogens (tertiary/aromatic N) is 3. The maximum atomic E-state index is 5.97. The number of thiocarbonyl (C=S) groups is 1. The van der Waals surface area contributed by atoms with Crippen molar-refractivity contribution in [2.45, 2.75) is 19.4 Å². The van der Waals surface area contributed by atoms with Crippen molar-refractivity contribution >= 4 is 34.6 Å². The summed E-state index contributed by atoms with van der Waals surface area (Å²) in [4.78, 5) is 10.4. The number of halogens is 1. The van der Waals surface area contributed by atoms with Crippen molar-refractivity contribution in [3.05, 3.63) is 17.5 Å². The lowest BCUT2D eigenvalue weighted by Crippen LogP contribution is -2.33. The average molecular weight is 245 g/mol. The molecule has 0 fully saturated rings. The number of anilines is 1. The van der Waals surface area contributed by atoms with E-state index in [1.54, 1.807) is 6.20 Å². The Morgan fingerprint density at radius 1 is 1.73 bits per heavy atom. The topological polar surface area (TPSA) is 55.0 Å². The van der Waals surface area contributed by atoms with Crippen LogP contribution in [0.2, 0.25) is 5.02 Å². The molecule has 0 aliphatic heterocycles. The predicted octanol–water partition coefficient (Wildman–Crippen LogP) is 1.63. The van der Waals surface area contributed by atoms with Crippen molar-refractivity contribution in [1.82, 2.24) is 9.97 Å². The number of rotatable bonds is 4. The van der Waals surface area contributed by atoms with Gasteiger partial charge in [0, 0.05) is 19.5 Å². The molecule has 4 nitrogen and oxygen atoms in total. The van der Waals surface area contributed by atoms with Crippen LogP contribution in [0.1, 0.15) is 13.3 Å². The normalized spacial score (nSPS) is 12.2. The minimum atomic E-state index is 0.162. The van der Waals surface area contributed by atoms with E-state index < -0.39 is 0 Å². The van der Waals surface area contributed by atoms with Crippen molar-refractivity contribution in [3.63, 3.8) is 0 Å². The molecule has 0 aromatic carbocycles. The molecule has 0 bridgehead atoms. The van der Waals surface area contributed by atoms with Gasteiger partial charge in [-0.15, -0.1) is 0 Å². The highest BCUT2D eigenvalue weighted by molar-refractivity contribution is 7.80. The van der Waals surface area contributed by atoms with Crippen LogP contribution in [0.4, 0.5) is 5.82 Å². The molecule has 1 atom stereocenters. The number of hydrogen-bond donors (Lipinski definition) is 1. The summed E-state index contributed by atoms with van der Waals surface area (Å²) in [7, 11) is 1.90. The first-order valence-electron chi connectivity index (χ1n) is 4.49. The van der Waals surface area contributed by atoms with Gasteiger partial charge < -0.3 is 10.6 Å². The molecule has 2 N–H and O–H groups in total. The number of aromatic nitrogens is 2. The second kappa shape index (κ2) is 5.23. The van der Waals surface area contributed by atoms with Crippen LogP contribution in [0.5, 0.6) is 0 Å².